The first-order valence-corrected chi connectivity index (χ1v) is 12.5. The Bertz CT molecular complexity index is 1580. The minimum Gasteiger partial charge on any atom is -0.504 e. The van der Waals surface area contributed by atoms with E-state index in [2.05, 4.69) is 4.74 Å². The smallest absolute Gasteiger partial charge is 0.435 e. The number of phenols is 1. The summed E-state index contributed by atoms with van der Waals surface area (Å²) in [4.78, 5) is 27.2. The summed E-state index contributed by atoms with van der Waals surface area (Å²) in [6.45, 7) is -2.66. The number of amides is 1. The Morgan fingerprint density at radius 3 is 2.04 bits per heavy atom. The number of para-hydroxylation sites is 2. The standard InChI is InChI=1S/C27H18ClF10NO6/c1-3-39(22(41)13-6-4-8-16(29)19(13)40)17-9-5-7-14(20(17)43-2)23(42)45-21-15(28)10-12(11-18(21)44-24(30)31)25(32,26(33,34)35)27(36,37)38/h4-11,24,40H,3H2,1-2H3. The second-order valence-electron chi connectivity index (χ2n) is 8.75. The summed E-state index contributed by atoms with van der Waals surface area (Å²) in [6, 6.07) is 5.84. The molecule has 0 atom stereocenters. The van der Waals surface area contributed by atoms with E-state index in [0.29, 0.717) is 0 Å². The zero-order valence-corrected chi connectivity index (χ0v) is 23.3. The second-order valence-corrected chi connectivity index (χ2v) is 9.16. The van der Waals surface area contributed by atoms with Crippen LogP contribution in [0.3, 0.4) is 0 Å². The van der Waals surface area contributed by atoms with E-state index < -0.39 is 93.1 Å². The van der Waals surface area contributed by atoms with E-state index >= 15 is 0 Å². The largest absolute Gasteiger partial charge is 0.504 e. The average Bonchev–Trinajstić information content (AvgIpc) is 2.94. The number of methoxy groups -OCH3 is 1. The van der Waals surface area contributed by atoms with E-state index in [1.165, 1.54) is 13.0 Å². The summed E-state index contributed by atoms with van der Waals surface area (Å²) in [5.41, 5.74) is -9.69. The number of hydrogen-bond donors (Lipinski definition) is 1. The van der Waals surface area contributed by atoms with Crippen molar-refractivity contribution in [3.8, 4) is 23.0 Å². The zero-order chi connectivity index (χ0) is 34.1. The van der Waals surface area contributed by atoms with Crippen molar-refractivity contribution in [3.05, 3.63) is 76.1 Å². The Balaban J connectivity index is 2.13. The monoisotopic (exact) mass is 677 g/mol. The van der Waals surface area contributed by atoms with Crippen molar-refractivity contribution in [2.45, 2.75) is 31.6 Å². The van der Waals surface area contributed by atoms with Crippen LogP contribution in [-0.2, 0) is 5.67 Å². The van der Waals surface area contributed by atoms with Crippen LogP contribution in [0.25, 0.3) is 0 Å². The number of aromatic hydroxyl groups is 1. The SMILES string of the molecule is CCN(C(=O)c1cccc(F)c1O)c1cccc(C(=O)Oc2c(Cl)cc(C(F)(C(F)(F)F)C(F)(F)F)cc2OC(F)F)c1OC. The van der Waals surface area contributed by atoms with Crippen molar-refractivity contribution in [1.29, 1.82) is 0 Å². The van der Waals surface area contributed by atoms with Crippen LogP contribution in [0.4, 0.5) is 49.6 Å². The first-order chi connectivity index (χ1) is 20.8. The molecule has 0 radical (unpaired) electrons. The molecule has 244 valence electrons. The molecule has 0 fully saturated rings. The van der Waals surface area contributed by atoms with Crippen LogP contribution < -0.4 is 19.1 Å². The number of ether oxygens (including phenoxy) is 3. The lowest BCUT2D eigenvalue weighted by Crippen LogP contribution is -2.50. The maximum absolute atomic E-state index is 14.6. The van der Waals surface area contributed by atoms with Gasteiger partial charge in [-0.25, -0.2) is 13.6 Å². The molecule has 0 unspecified atom stereocenters. The molecule has 45 heavy (non-hydrogen) atoms. The minimum atomic E-state index is -6.65. The first kappa shape index (κ1) is 35.1. The lowest BCUT2D eigenvalue weighted by molar-refractivity contribution is -0.348. The van der Waals surface area contributed by atoms with Gasteiger partial charge in [-0.15, -0.1) is 0 Å². The number of hydrogen-bond acceptors (Lipinski definition) is 6. The van der Waals surface area contributed by atoms with Gasteiger partial charge in [-0.2, -0.15) is 35.1 Å². The maximum atomic E-state index is 14.6. The number of esters is 1. The third-order valence-corrected chi connectivity index (χ3v) is 6.37. The van der Waals surface area contributed by atoms with Crippen molar-refractivity contribution in [3.63, 3.8) is 0 Å². The second kappa shape index (κ2) is 12.9. The molecule has 0 aliphatic carbocycles. The number of phenolic OH excluding ortho intramolecular Hbond substituents is 1. The molecule has 0 heterocycles. The highest BCUT2D eigenvalue weighted by atomic mass is 35.5. The van der Waals surface area contributed by atoms with Crippen molar-refractivity contribution in [2.24, 2.45) is 0 Å². The molecule has 18 heteroatoms. The predicted molar refractivity (Wildman–Crippen MR) is 136 cm³/mol. The number of alkyl halides is 9. The number of carbonyl (C=O) groups is 2. The first-order valence-electron chi connectivity index (χ1n) is 12.1. The fourth-order valence-electron chi connectivity index (χ4n) is 4.05. The molecular formula is C27H18ClF10NO6. The molecule has 0 aromatic heterocycles. The van der Waals surface area contributed by atoms with Gasteiger partial charge in [0.05, 0.1) is 23.4 Å². The van der Waals surface area contributed by atoms with Gasteiger partial charge < -0.3 is 24.2 Å². The van der Waals surface area contributed by atoms with Crippen LogP contribution in [0.5, 0.6) is 23.0 Å². The van der Waals surface area contributed by atoms with Crippen molar-refractivity contribution < 1.29 is 72.8 Å². The predicted octanol–water partition coefficient (Wildman–Crippen LogP) is 7.97. The third-order valence-electron chi connectivity index (χ3n) is 6.09. The van der Waals surface area contributed by atoms with Gasteiger partial charge in [0.1, 0.15) is 5.56 Å². The summed E-state index contributed by atoms with van der Waals surface area (Å²) >= 11 is 5.73. The summed E-state index contributed by atoms with van der Waals surface area (Å²) in [6.07, 6.45) is -13.3. The number of anilines is 1. The zero-order valence-electron chi connectivity index (χ0n) is 22.5. The molecule has 3 aromatic carbocycles. The van der Waals surface area contributed by atoms with E-state index in [0.717, 1.165) is 42.3 Å². The van der Waals surface area contributed by atoms with Crippen molar-refractivity contribution in [1.82, 2.24) is 0 Å². The van der Waals surface area contributed by atoms with Crippen LogP contribution in [-0.4, -0.2) is 49.6 Å². The minimum absolute atomic E-state index is 0.174. The van der Waals surface area contributed by atoms with E-state index in [4.69, 9.17) is 21.1 Å². The summed E-state index contributed by atoms with van der Waals surface area (Å²) in [5.74, 6) is -8.10. The maximum Gasteiger partial charge on any atom is 0.435 e. The number of halogens is 11. The van der Waals surface area contributed by atoms with Gasteiger partial charge >= 0.3 is 30.6 Å². The fourth-order valence-corrected chi connectivity index (χ4v) is 4.30. The van der Waals surface area contributed by atoms with Crippen molar-refractivity contribution >= 4 is 29.2 Å². The highest BCUT2D eigenvalue weighted by Gasteiger charge is 2.73. The topological polar surface area (TPSA) is 85.3 Å². The number of carbonyl (C=O) groups excluding carboxylic acids is 2. The number of rotatable bonds is 9. The third kappa shape index (κ3) is 6.67. The molecule has 7 nitrogen and oxygen atoms in total. The van der Waals surface area contributed by atoms with Crippen LogP contribution in [0.15, 0.2) is 48.5 Å². The van der Waals surface area contributed by atoms with Gasteiger partial charge in [0.25, 0.3) is 5.91 Å². The van der Waals surface area contributed by atoms with Gasteiger partial charge in [0.2, 0.25) is 0 Å². The lowest BCUT2D eigenvalue weighted by atomic mass is 9.93. The molecule has 3 rings (SSSR count). The molecule has 0 spiro atoms. The van der Waals surface area contributed by atoms with Gasteiger partial charge in [-0.3, -0.25) is 4.79 Å². The molecule has 1 N–H and O–H groups in total. The highest BCUT2D eigenvalue weighted by Crippen LogP contribution is 2.55. The summed E-state index contributed by atoms with van der Waals surface area (Å²) in [7, 11) is 1.01. The summed E-state index contributed by atoms with van der Waals surface area (Å²) in [5, 5.41) is 8.65. The quantitative estimate of drug-likeness (QED) is 0.141. The molecule has 3 aromatic rings. The molecule has 1 amide bonds. The normalized spacial score (nSPS) is 12.2. The molecule has 0 aliphatic heterocycles. The molecular weight excluding hydrogens is 660 g/mol. The van der Waals surface area contributed by atoms with Crippen molar-refractivity contribution in [2.75, 3.05) is 18.6 Å². The van der Waals surface area contributed by atoms with Crippen LogP contribution in [0.2, 0.25) is 5.02 Å². The van der Waals surface area contributed by atoms with Gasteiger partial charge in [0, 0.05) is 12.1 Å². The highest BCUT2D eigenvalue weighted by molar-refractivity contribution is 6.32. The van der Waals surface area contributed by atoms with Gasteiger partial charge in [-0.1, -0.05) is 23.7 Å². The lowest BCUT2D eigenvalue weighted by Gasteiger charge is -2.31. The Morgan fingerprint density at radius 1 is 0.933 bits per heavy atom. The molecule has 0 aliphatic rings. The van der Waals surface area contributed by atoms with Crippen LogP contribution >= 0.6 is 11.6 Å². The Labute approximate surface area is 251 Å². The van der Waals surface area contributed by atoms with Gasteiger partial charge in [0.15, 0.2) is 28.8 Å². The fraction of sp³-hybridized carbons (Fsp3) is 0.259. The molecule has 0 saturated heterocycles. The van der Waals surface area contributed by atoms with Crippen LogP contribution in [0.1, 0.15) is 33.2 Å². The molecule has 0 saturated carbocycles. The Morgan fingerprint density at radius 2 is 1.51 bits per heavy atom. The molecule has 0 bridgehead atoms. The Hall–Kier alpha value is -4.41. The van der Waals surface area contributed by atoms with E-state index in [1.54, 1.807) is 0 Å². The Kier molecular flexibility index (Phi) is 10.1. The van der Waals surface area contributed by atoms with E-state index in [-0.39, 0.29) is 18.3 Å². The van der Waals surface area contributed by atoms with E-state index in [9.17, 15) is 58.6 Å². The van der Waals surface area contributed by atoms with Gasteiger partial charge in [-0.05, 0) is 43.3 Å². The van der Waals surface area contributed by atoms with E-state index in [1.807, 2.05) is 0 Å². The average molecular weight is 678 g/mol. The summed E-state index contributed by atoms with van der Waals surface area (Å²) < 4.78 is 148. The number of nitrogens with zero attached hydrogens (tertiary/aromatic N) is 1. The van der Waals surface area contributed by atoms with Crippen LogP contribution in [0, 0.1) is 5.82 Å². The number of benzene rings is 3.